The molecule has 3 fully saturated rings. The topological polar surface area (TPSA) is 49.8 Å². The van der Waals surface area contributed by atoms with Gasteiger partial charge >= 0.3 is 5.97 Å². The minimum atomic E-state index is -0.629. The van der Waals surface area contributed by atoms with E-state index in [0.29, 0.717) is 6.04 Å². The quantitative estimate of drug-likeness (QED) is 0.814. The first-order valence-corrected chi connectivity index (χ1v) is 7.20. The highest BCUT2D eigenvalue weighted by Crippen LogP contribution is 2.44. The van der Waals surface area contributed by atoms with Gasteiger partial charge in [-0.3, -0.25) is 9.69 Å². The van der Waals surface area contributed by atoms with Crippen molar-refractivity contribution in [2.24, 2.45) is 11.8 Å². The summed E-state index contributed by atoms with van der Waals surface area (Å²) in [6.45, 7) is 4.60. The zero-order valence-electron chi connectivity index (χ0n) is 11.1. The van der Waals surface area contributed by atoms with Crippen molar-refractivity contribution in [3.63, 3.8) is 0 Å². The Kier molecular flexibility index (Phi) is 3.10. The number of likely N-dealkylation sites (tertiary alicyclic amines) is 1. The van der Waals surface area contributed by atoms with Gasteiger partial charge in [-0.05, 0) is 38.0 Å². The standard InChI is InChI=1S/C14H23NO3/c1-10-8-15(9-12(10)13(16)17)11-3-6-18-14(7-11)4-2-5-14/h10-12H,2-9H2,1H3,(H,16,17). The Morgan fingerprint density at radius 3 is 2.72 bits per heavy atom. The van der Waals surface area contributed by atoms with Gasteiger partial charge in [0.05, 0.1) is 11.5 Å². The molecule has 1 saturated carbocycles. The summed E-state index contributed by atoms with van der Waals surface area (Å²) in [5, 5.41) is 9.21. The maximum atomic E-state index is 11.2. The first-order valence-electron chi connectivity index (χ1n) is 7.20. The zero-order valence-corrected chi connectivity index (χ0v) is 11.1. The molecule has 3 atom stereocenters. The third-order valence-corrected chi connectivity index (χ3v) is 5.21. The molecule has 18 heavy (non-hydrogen) atoms. The zero-order chi connectivity index (χ0) is 12.8. The van der Waals surface area contributed by atoms with Crippen LogP contribution in [0, 0.1) is 11.8 Å². The first kappa shape index (κ1) is 12.4. The lowest BCUT2D eigenvalue weighted by atomic mass is 9.73. The number of carboxylic acid groups (broad SMARTS) is 1. The average Bonchev–Trinajstić information content (AvgIpc) is 2.70. The second-order valence-corrected chi connectivity index (χ2v) is 6.41. The van der Waals surface area contributed by atoms with Crippen LogP contribution in [0.5, 0.6) is 0 Å². The number of ether oxygens (including phenoxy) is 1. The van der Waals surface area contributed by atoms with E-state index >= 15 is 0 Å². The molecule has 0 aromatic rings. The molecule has 2 aliphatic heterocycles. The Morgan fingerprint density at radius 1 is 1.39 bits per heavy atom. The number of hydrogen-bond donors (Lipinski definition) is 1. The van der Waals surface area contributed by atoms with Gasteiger partial charge in [0.15, 0.2) is 0 Å². The fourth-order valence-corrected chi connectivity index (χ4v) is 3.86. The van der Waals surface area contributed by atoms with E-state index in [9.17, 15) is 9.90 Å². The Morgan fingerprint density at radius 2 is 2.17 bits per heavy atom. The smallest absolute Gasteiger partial charge is 0.308 e. The summed E-state index contributed by atoms with van der Waals surface area (Å²) in [6.07, 6.45) is 5.89. The highest BCUT2D eigenvalue weighted by atomic mass is 16.5. The van der Waals surface area contributed by atoms with Crippen LogP contribution in [0.2, 0.25) is 0 Å². The summed E-state index contributed by atoms with van der Waals surface area (Å²) in [6, 6.07) is 0.547. The molecule has 4 heteroatoms. The van der Waals surface area contributed by atoms with Crippen molar-refractivity contribution in [3.8, 4) is 0 Å². The summed E-state index contributed by atoms with van der Waals surface area (Å²) in [5.41, 5.74) is 0.160. The van der Waals surface area contributed by atoms with Crippen LogP contribution in [-0.4, -0.2) is 47.3 Å². The molecule has 0 aromatic heterocycles. The fourth-order valence-electron chi connectivity index (χ4n) is 3.86. The van der Waals surface area contributed by atoms with Gasteiger partial charge in [0, 0.05) is 25.7 Å². The van der Waals surface area contributed by atoms with E-state index in [0.717, 1.165) is 32.5 Å². The Bertz CT molecular complexity index is 340. The number of carboxylic acids is 1. The van der Waals surface area contributed by atoms with E-state index in [1.807, 2.05) is 0 Å². The molecular formula is C14H23NO3. The van der Waals surface area contributed by atoms with Gasteiger partial charge in [-0.1, -0.05) is 6.92 Å². The van der Waals surface area contributed by atoms with Crippen LogP contribution in [-0.2, 0) is 9.53 Å². The van der Waals surface area contributed by atoms with Crippen molar-refractivity contribution in [1.82, 2.24) is 4.90 Å². The van der Waals surface area contributed by atoms with Crippen LogP contribution in [0.1, 0.15) is 39.0 Å². The third-order valence-electron chi connectivity index (χ3n) is 5.21. The molecule has 102 valence electrons. The number of aliphatic carboxylic acids is 1. The van der Waals surface area contributed by atoms with Gasteiger partial charge in [0.1, 0.15) is 0 Å². The molecule has 3 aliphatic rings. The lowest BCUT2D eigenvalue weighted by Gasteiger charge is -2.49. The summed E-state index contributed by atoms with van der Waals surface area (Å²) in [4.78, 5) is 13.6. The molecule has 3 unspecified atom stereocenters. The highest BCUT2D eigenvalue weighted by Gasteiger charge is 2.46. The maximum absolute atomic E-state index is 11.2. The fraction of sp³-hybridized carbons (Fsp3) is 0.929. The van der Waals surface area contributed by atoms with Crippen LogP contribution < -0.4 is 0 Å². The Hall–Kier alpha value is -0.610. The molecule has 2 saturated heterocycles. The van der Waals surface area contributed by atoms with Gasteiger partial charge in [-0.2, -0.15) is 0 Å². The van der Waals surface area contributed by atoms with Crippen molar-refractivity contribution >= 4 is 5.97 Å². The molecule has 4 nitrogen and oxygen atoms in total. The van der Waals surface area contributed by atoms with E-state index < -0.39 is 5.97 Å². The van der Waals surface area contributed by atoms with Crippen molar-refractivity contribution in [3.05, 3.63) is 0 Å². The predicted octanol–water partition coefficient (Wildman–Crippen LogP) is 1.74. The second-order valence-electron chi connectivity index (χ2n) is 6.41. The van der Waals surface area contributed by atoms with E-state index in [1.165, 1.54) is 19.3 Å². The van der Waals surface area contributed by atoms with Gasteiger partial charge in [-0.25, -0.2) is 0 Å². The van der Waals surface area contributed by atoms with E-state index in [-0.39, 0.29) is 17.4 Å². The van der Waals surface area contributed by atoms with Crippen LogP contribution in [0.25, 0.3) is 0 Å². The predicted molar refractivity (Wildman–Crippen MR) is 67.4 cm³/mol. The molecule has 1 N–H and O–H groups in total. The van der Waals surface area contributed by atoms with Gasteiger partial charge in [-0.15, -0.1) is 0 Å². The van der Waals surface area contributed by atoms with Crippen molar-refractivity contribution in [1.29, 1.82) is 0 Å². The molecule has 0 radical (unpaired) electrons. The number of carbonyl (C=O) groups is 1. The molecule has 2 heterocycles. The van der Waals surface area contributed by atoms with Crippen LogP contribution in [0.3, 0.4) is 0 Å². The third kappa shape index (κ3) is 2.05. The molecule has 1 spiro atoms. The van der Waals surface area contributed by atoms with Crippen molar-refractivity contribution < 1.29 is 14.6 Å². The first-order chi connectivity index (χ1) is 8.60. The summed E-state index contributed by atoms with van der Waals surface area (Å²) in [5.74, 6) is -0.525. The Labute approximate surface area is 108 Å². The minimum absolute atomic E-state index is 0.160. The molecular weight excluding hydrogens is 230 g/mol. The van der Waals surface area contributed by atoms with Crippen molar-refractivity contribution in [2.45, 2.75) is 50.7 Å². The summed E-state index contributed by atoms with van der Waals surface area (Å²) < 4.78 is 5.95. The highest BCUT2D eigenvalue weighted by molar-refractivity contribution is 5.71. The molecule has 1 aliphatic carbocycles. The van der Waals surface area contributed by atoms with Crippen LogP contribution in [0.15, 0.2) is 0 Å². The van der Waals surface area contributed by atoms with Crippen LogP contribution >= 0.6 is 0 Å². The number of hydrogen-bond acceptors (Lipinski definition) is 3. The molecule has 0 aromatic carbocycles. The van der Waals surface area contributed by atoms with Crippen LogP contribution in [0.4, 0.5) is 0 Å². The SMILES string of the molecule is CC1CN(C2CCOC3(CCC3)C2)CC1C(=O)O. The molecule has 0 amide bonds. The van der Waals surface area contributed by atoms with E-state index in [1.54, 1.807) is 0 Å². The summed E-state index contributed by atoms with van der Waals surface area (Å²) >= 11 is 0. The normalized spacial score (nSPS) is 39.7. The van der Waals surface area contributed by atoms with E-state index in [2.05, 4.69) is 11.8 Å². The molecule has 0 bridgehead atoms. The van der Waals surface area contributed by atoms with Gasteiger partial charge in [0.2, 0.25) is 0 Å². The lowest BCUT2D eigenvalue weighted by Crippen LogP contribution is -2.51. The van der Waals surface area contributed by atoms with Crippen molar-refractivity contribution in [2.75, 3.05) is 19.7 Å². The van der Waals surface area contributed by atoms with E-state index in [4.69, 9.17) is 4.74 Å². The maximum Gasteiger partial charge on any atom is 0.308 e. The molecule has 3 rings (SSSR count). The average molecular weight is 253 g/mol. The van der Waals surface area contributed by atoms with Gasteiger partial charge in [0.25, 0.3) is 0 Å². The Balaban J connectivity index is 1.63. The monoisotopic (exact) mass is 253 g/mol. The largest absolute Gasteiger partial charge is 0.481 e. The number of nitrogens with zero attached hydrogens (tertiary/aromatic N) is 1. The minimum Gasteiger partial charge on any atom is -0.481 e. The van der Waals surface area contributed by atoms with Gasteiger partial charge < -0.3 is 9.84 Å². The second kappa shape index (κ2) is 4.49. The lowest BCUT2D eigenvalue weighted by molar-refractivity contribution is -0.148. The summed E-state index contributed by atoms with van der Waals surface area (Å²) in [7, 11) is 0. The number of rotatable bonds is 2.